The number of ether oxygens (including phenoxy) is 1. The van der Waals surface area contributed by atoms with Gasteiger partial charge in [-0.3, -0.25) is 0 Å². The Labute approximate surface area is 82.1 Å². The van der Waals surface area contributed by atoms with Gasteiger partial charge >= 0.3 is 0 Å². The van der Waals surface area contributed by atoms with Gasteiger partial charge in [0.2, 0.25) is 0 Å². The van der Waals surface area contributed by atoms with Crippen molar-refractivity contribution in [3.8, 4) is 5.75 Å². The Hall–Kier alpha value is -1.67. The Bertz CT molecular complexity index is 396. The van der Waals surface area contributed by atoms with Crippen LogP contribution < -0.4 is 4.74 Å². The lowest BCUT2D eigenvalue weighted by Crippen LogP contribution is -2.00. The van der Waals surface area contributed by atoms with E-state index in [1.165, 1.54) is 11.1 Å². The Balaban J connectivity index is 2.26. The minimum absolute atomic E-state index is 0.0853. The standard InChI is InChI=1S/C10H11N3O/c1-14-10-3-2-7-4-9(12-13-11)5-8(7)6-10/h2-3,6,9H,4-5H2,1H3. The molecule has 0 saturated heterocycles. The summed E-state index contributed by atoms with van der Waals surface area (Å²) in [6.07, 6.45) is 1.68. The summed E-state index contributed by atoms with van der Waals surface area (Å²) < 4.78 is 5.13. The Morgan fingerprint density at radius 2 is 2.21 bits per heavy atom. The van der Waals surface area contributed by atoms with E-state index >= 15 is 0 Å². The van der Waals surface area contributed by atoms with E-state index in [9.17, 15) is 0 Å². The van der Waals surface area contributed by atoms with Gasteiger partial charge in [-0.1, -0.05) is 11.2 Å². The summed E-state index contributed by atoms with van der Waals surface area (Å²) in [6, 6.07) is 6.09. The molecule has 2 rings (SSSR count). The van der Waals surface area contributed by atoms with Crippen molar-refractivity contribution in [2.45, 2.75) is 18.9 Å². The topological polar surface area (TPSA) is 58.0 Å². The van der Waals surface area contributed by atoms with Gasteiger partial charge in [-0.05, 0) is 41.6 Å². The number of azide groups is 1. The smallest absolute Gasteiger partial charge is 0.119 e. The van der Waals surface area contributed by atoms with Crippen LogP contribution in [0.3, 0.4) is 0 Å². The van der Waals surface area contributed by atoms with Crippen molar-refractivity contribution in [3.05, 3.63) is 39.8 Å². The molecule has 0 saturated carbocycles. The summed E-state index contributed by atoms with van der Waals surface area (Å²) >= 11 is 0. The summed E-state index contributed by atoms with van der Waals surface area (Å²) in [6.45, 7) is 0. The summed E-state index contributed by atoms with van der Waals surface area (Å²) in [5.41, 5.74) is 10.8. The fraction of sp³-hybridized carbons (Fsp3) is 0.400. The summed E-state index contributed by atoms with van der Waals surface area (Å²) in [5, 5.41) is 3.73. The first kappa shape index (κ1) is 8.91. The van der Waals surface area contributed by atoms with Crippen molar-refractivity contribution in [1.29, 1.82) is 0 Å². The van der Waals surface area contributed by atoms with E-state index < -0.39 is 0 Å². The molecule has 1 aliphatic carbocycles. The van der Waals surface area contributed by atoms with Crippen LogP contribution in [0.1, 0.15) is 11.1 Å². The lowest BCUT2D eigenvalue weighted by Gasteiger charge is -2.02. The fourth-order valence-corrected chi connectivity index (χ4v) is 1.85. The second kappa shape index (κ2) is 3.60. The maximum Gasteiger partial charge on any atom is 0.119 e. The van der Waals surface area contributed by atoms with Crippen LogP contribution in [0.5, 0.6) is 5.75 Å². The quantitative estimate of drug-likeness (QED) is 0.400. The largest absolute Gasteiger partial charge is 0.497 e. The highest BCUT2D eigenvalue weighted by molar-refractivity contribution is 5.39. The first-order valence-electron chi connectivity index (χ1n) is 4.53. The molecule has 0 bridgehead atoms. The van der Waals surface area contributed by atoms with Crippen molar-refractivity contribution in [2.75, 3.05) is 7.11 Å². The SMILES string of the molecule is COc1ccc2c(c1)CC(N=[N+]=[N-])C2. The van der Waals surface area contributed by atoms with Crippen LogP contribution in [0, 0.1) is 0 Å². The third-order valence-electron chi connectivity index (χ3n) is 2.54. The zero-order valence-corrected chi connectivity index (χ0v) is 7.97. The molecule has 4 nitrogen and oxygen atoms in total. The van der Waals surface area contributed by atoms with Gasteiger partial charge in [0, 0.05) is 11.0 Å². The summed E-state index contributed by atoms with van der Waals surface area (Å²) in [7, 11) is 1.65. The summed E-state index contributed by atoms with van der Waals surface area (Å²) in [5.74, 6) is 0.866. The molecular weight excluding hydrogens is 178 g/mol. The van der Waals surface area contributed by atoms with E-state index in [-0.39, 0.29) is 6.04 Å². The maximum atomic E-state index is 8.34. The minimum atomic E-state index is 0.0853. The molecule has 1 aromatic carbocycles. The molecule has 4 heteroatoms. The van der Waals surface area contributed by atoms with E-state index in [1.54, 1.807) is 7.11 Å². The number of nitrogens with zero attached hydrogens (tertiary/aromatic N) is 3. The zero-order chi connectivity index (χ0) is 9.97. The first-order valence-corrected chi connectivity index (χ1v) is 4.53. The number of fused-ring (bicyclic) bond motifs is 1. The predicted octanol–water partition coefficient (Wildman–Crippen LogP) is 2.47. The maximum absolute atomic E-state index is 8.34. The molecule has 0 radical (unpaired) electrons. The lowest BCUT2D eigenvalue weighted by atomic mass is 10.1. The third-order valence-corrected chi connectivity index (χ3v) is 2.54. The Morgan fingerprint density at radius 3 is 2.93 bits per heavy atom. The normalized spacial score (nSPS) is 18.5. The van der Waals surface area contributed by atoms with E-state index in [0.29, 0.717) is 0 Å². The molecule has 0 N–H and O–H groups in total. The minimum Gasteiger partial charge on any atom is -0.497 e. The highest BCUT2D eigenvalue weighted by Crippen LogP contribution is 2.27. The number of methoxy groups -OCH3 is 1. The number of benzene rings is 1. The van der Waals surface area contributed by atoms with Gasteiger partial charge in [0.1, 0.15) is 5.75 Å². The lowest BCUT2D eigenvalue weighted by molar-refractivity contribution is 0.414. The van der Waals surface area contributed by atoms with Crippen LogP contribution >= 0.6 is 0 Å². The number of rotatable bonds is 2. The average molecular weight is 189 g/mol. The van der Waals surface area contributed by atoms with Gasteiger partial charge in [0.25, 0.3) is 0 Å². The third kappa shape index (κ3) is 1.52. The zero-order valence-electron chi connectivity index (χ0n) is 7.97. The van der Waals surface area contributed by atoms with E-state index in [1.807, 2.05) is 18.2 Å². The fourth-order valence-electron chi connectivity index (χ4n) is 1.85. The van der Waals surface area contributed by atoms with Crippen LogP contribution in [0.15, 0.2) is 23.3 Å². The van der Waals surface area contributed by atoms with Crippen molar-refractivity contribution >= 4 is 0 Å². The Morgan fingerprint density at radius 1 is 1.43 bits per heavy atom. The van der Waals surface area contributed by atoms with Crippen LogP contribution in [-0.4, -0.2) is 13.2 Å². The second-order valence-electron chi connectivity index (χ2n) is 3.40. The van der Waals surface area contributed by atoms with Gasteiger partial charge in [-0.15, -0.1) is 0 Å². The molecule has 0 heterocycles. The van der Waals surface area contributed by atoms with Gasteiger partial charge in [0.05, 0.1) is 7.11 Å². The average Bonchev–Trinajstić information content (AvgIpc) is 2.59. The molecule has 0 aromatic heterocycles. The van der Waals surface area contributed by atoms with Crippen molar-refractivity contribution < 1.29 is 4.74 Å². The second-order valence-corrected chi connectivity index (χ2v) is 3.40. The van der Waals surface area contributed by atoms with Crippen LogP contribution in [0.25, 0.3) is 10.4 Å². The van der Waals surface area contributed by atoms with Crippen molar-refractivity contribution in [2.24, 2.45) is 5.11 Å². The number of hydrogen-bond donors (Lipinski definition) is 0. The highest BCUT2D eigenvalue weighted by atomic mass is 16.5. The highest BCUT2D eigenvalue weighted by Gasteiger charge is 2.20. The van der Waals surface area contributed by atoms with Gasteiger partial charge < -0.3 is 4.74 Å². The molecule has 14 heavy (non-hydrogen) atoms. The first-order chi connectivity index (χ1) is 6.83. The molecular formula is C10H11N3O. The van der Waals surface area contributed by atoms with Crippen LogP contribution in [-0.2, 0) is 12.8 Å². The molecule has 1 unspecified atom stereocenters. The molecule has 1 aliphatic rings. The monoisotopic (exact) mass is 189 g/mol. The molecule has 72 valence electrons. The van der Waals surface area contributed by atoms with E-state index in [2.05, 4.69) is 10.0 Å². The van der Waals surface area contributed by atoms with Crippen LogP contribution in [0.2, 0.25) is 0 Å². The predicted molar refractivity (Wildman–Crippen MR) is 53.3 cm³/mol. The molecule has 0 fully saturated rings. The number of hydrogen-bond acceptors (Lipinski definition) is 2. The van der Waals surface area contributed by atoms with Crippen molar-refractivity contribution in [1.82, 2.24) is 0 Å². The molecule has 1 aromatic rings. The van der Waals surface area contributed by atoms with E-state index in [4.69, 9.17) is 10.3 Å². The molecule has 0 aliphatic heterocycles. The Kier molecular flexibility index (Phi) is 2.29. The van der Waals surface area contributed by atoms with Crippen molar-refractivity contribution in [3.63, 3.8) is 0 Å². The van der Waals surface area contributed by atoms with Gasteiger partial charge in [0.15, 0.2) is 0 Å². The molecule has 0 spiro atoms. The van der Waals surface area contributed by atoms with Crippen LogP contribution in [0.4, 0.5) is 0 Å². The molecule has 0 amide bonds. The van der Waals surface area contributed by atoms with E-state index in [0.717, 1.165) is 18.6 Å². The molecule has 1 atom stereocenters. The van der Waals surface area contributed by atoms with Gasteiger partial charge in [-0.25, -0.2) is 0 Å². The summed E-state index contributed by atoms with van der Waals surface area (Å²) in [4.78, 5) is 2.84. The van der Waals surface area contributed by atoms with Gasteiger partial charge in [-0.2, -0.15) is 0 Å².